The van der Waals surface area contributed by atoms with Crippen molar-refractivity contribution in [2.24, 2.45) is 0 Å². The summed E-state index contributed by atoms with van der Waals surface area (Å²) in [4.78, 5) is 32.1. The van der Waals surface area contributed by atoms with Gasteiger partial charge in [0, 0.05) is 23.4 Å². The lowest BCUT2D eigenvalue weighted by atomic mass is 10.1. The third-order valence-electron chi connectivity index (χ3n) is 3.09. The zero-order chi connectivity index (χ0) is 18.8. The first-order valence-corrected chi connectivity index (χ1v) is 7.35. The van der Waals surface area contributed by atoms with Gasteiger partial charge in [-0.15, -0.1) is 0 Å². The van der Waals surface area contributed by atoms with E-state index in [-0.39, 0.29) is 18.3 Å². The van der Waals surface area contributed by atoms with Gasteiger partial charge >= 0.3 is 0 Å². The molecule has 25 heavy (non-hydrogen) atoms. The Bertz CT molecular complexity index is 745. The van der Waals surface area contributed by atoms with Crippen LogP contribution in [-0.2, 0) is 4.79 Å². The normalized spacial score (nSPS) is 9.32. The van der Waals surface area contributed by atoms with Gasteiger partial charge in [0.15, 0.2) is 0 Å². The maximum Gasteiger partial charge on any atom is 0.290 e. The largest absolute Gasteiger partial charge is 0.483 e. The van der Waals surface area contributed by atoms with Gasteiger partial charge in [-0.05, 0) is 49.4 Å². The Morgan fingerprint density at radius 3 is 2.08 bits per heavy atom. The summed E-state index contributed by atoms with van der Waals surface area (Å²) in [7, 11) is 0. The minimum absolute atomic E-state index is 0.147. The van der Waals surface area contributed by atoms with Gasteiger partial charge in [0.25, 0.3) is 18.3 Å². The number of benzene rings is 2. The van der Waals surface area contributed by atoms with Crippen LogP contribution in [0.2, 0.25) is 0 Å². The molecule has 2 amide bonds. The van der Waals surface area contributed by atoms with Crippen molar-refractivity contribution in [1.82, 2.24) is 5.32 Å². The zero-order valence-corrected chi connectivity index (χ0v) is 13.7. The quantitative estimate of drug-likeness (QED) is 0.420. The van der Waals surface area contributed by atoms with E-state index in [4.69, 9.17) is 21.4 Å². The number of rotatable bonds is 4. The predicted molar refractivity (Wildman–Crippen MR) is 96.4 cm³/mol. The maximum atomic E-state index is 12.1. The molecule has 0 unspecified atom stereocenters. The Hall–Kier alpha value is -3.55. The van der Waals surface area contributed by atoms with Crippen LogP contribution in [0.1, 0.15) is 27.6 Å². The van der Waals surface area contributed by atoms with Crippen molar-refractivity contribution < 1.29 is 19.5 Å². The molecular weight excluding hydrogens is 324 g/mol. The molecular formula is C17H20N4O4. The lowest BCUT2D eigenvalue weighted by Crippen LogP contribution is -2.22. The summed E-state index contributed by atoms with van der Waals surface area (Å²) in [5, 5.41) is 12.3. The van der Waals surface area contributed by atoms with Crippen molar-refractivity contribution in [2.75, 3.05) is 23.3 Å². The molecule has 0 fully saturated rings. The molecule has 0 saturated carbocycles. The molecule has 0 heterocycles. The number of carbonyl (C=O) groups excluding carboxylic acids is 2. The van der Waals surface area contributed by atoms with Crippen molar-refractivity contribution in [3.8, 4) is 0 Å². The molecule has 0 aliphatic rings. The third kappa shape index (κ3) is 5.87. The molecule has 0 radical (unpaired) electrons. The summed E-state index contributed by atoms with van der Waals surface area (Å²) >= 11 is 0. The highest BCUT2D eigenvalue weighted by Crippen LogP contribution is 2.17. The molecule has 0 spiro atoms. The minimum atomic E-state index is -0.294. The summed E-state index contributed by atoms with van der Waals surface area (Å²) in [5.41, 5.74) is 13.6. The molecule has 0 atom stereocenters. The summed E-state index contributed by atoms with van der Waals surface area (Å²) in [5.74, 6) is -0.441. The van der Waals surface area contributed by atoms with Crippen molar-refractivity contribution in [1.29, 1.82) is 0 Å². The molecule has 0 aliphatic heterocycles. The number of carboxylic acid groups (broad SMARTS) is 1. The predicted octanol–water partition coefficient (Wildman–Crippen LogP) is 1.55. The number of nitrogens with two attached hydrogens (primary N) is 2. The second-order valence-electron chi connectivity index (χ2n) is 4.84. The van der Waals surface area contributed by atoms with E-state index < -0.39 is 0 Å². The number of hydrogen-bond donors (Lipinski definition) is 5. The molecule has 132 valence electrons. The number of nitrogens with one attached hydrogen (secondary N) is 2. The Balaban J connectivity index is 0.000000970. The zero-order valence-electron chi connectivity index (χ0n) is 13.7. The van der Waals surface area contributed by atoms with E-state index in [0.29, 0.717) is 34.7 Å². The standard InChI is InChI=1S/C16H18N4O2.CH2O2/c1-2-19-15(21)10-3-6-12(7-4-10)20-16(22)11-5-8-13(17)14(18)9-11;2-1-3/h3-9H,2,17-18H2,1H3,(H,19,21)(H,20,22);1H,(H,2,3). The fourth-order valence-corrected chi connectivity index (χ4v) is 1.89. The van der Waals surface area contributed by atoms with E-state index in [9.17, 15) is 9.59 Å². The van der Waals surface area contributed by atoms with E-state index in [1.54, 1.807) is 36.4 Å². The molecule has 7 N–H and O–H groups in total. The van der Waals surface area contributed by atoms with E-state index in [0.717, 1.165) is 0 Å². The Labute approximate surface area is 144 Å². The average Bonchev–Trinajstić information content (AvgIpc) is 2.59. The molecule has 8 heteroatoms. The molecule has 8 nitrogen and oxygen atoms in total. The summed E-state index contributed by atoms with van der Waals surface area (Å²) in [6.45, 7) is 2.17. The summed E-state index contributed by atoms with van der Waals surface area (Å²) in [6.07, 6.45) is 0. The van der Waals surface area contributed by atoms with Crippen LogP contribution in [0, 0.1) is 0 Å². The Morgan fingerprint density at radius 2 is 1.56 bits per heavy atom. The van der Waals surface area contributed by atoms with Gasteiger partial charge in [0.2, 0.25) is 0 Å². The first-order valence-electron chi connectivity index (χ1n) is 7.35. The monoisotopic (exact) mass is 344 g/mol. The fraction of sp³-hybridized carbons (Fsp3) is 0.118. The average molecular weight is 344 g/mol. The van der Waals surface area contributed by atoms with Crippen molar-refractivity contribution in [3.63, 3.8) is 0 Å². The highest BCUT2D eigenvalue weighted by Gasteiger charge is 2.09. The van der Waals surface area contributed by atoms with E-state index in [1.165, 1.54) is 6.07 Å². The first-order chi connectivity index (χ1) is 11.9. The number of nitrogen functional groups attached to an aromatic ring is 2. The minimum Gasteiger partial charge on any atom is -0.483 e. The van der Waals surface area contributed by atoms with Gasteiger partial charge in [-0.2, -0.15) is 0 Å². The fourth-order valence-electron chi connectivity index (χ4n) is 1.89. The lowest BCUT2D eigenvalue weighted by molar-refractivity contribution is -0.122. The molecule has 2 rings (SSSR count). The van der Waals surface area contributed by atoms with Crippen LogP contribution in [-0.4, -0.2) is 29.9 Å². The van der Waals surface area contributed by atoms with Gasteiger partial charge in [-0.1, -0.05) is 0 Å². The number of anilines is 3. The lowest BCUT2D eigenvalue weighted by Gasteiger charge is -2.08. The molecule has 0 aromatic heterocycles. The summed E-state index contributed by atoms with van der Waals surface area (Å²) in [6, 6.07) is 11.3. The molecule has 0 saturated heterocycles. The van der Waals surface area contributed by atoms with Crippen LogP contribution in [0.5, 0.6) is 0 Å². The second-order valence-corrected chi connectivity index (χ2v) is 4.84. The number of hydrogen-bond acceptors (Lipinski definition) is 5. The number of carbonyl (C=O) groups is 3. The van der Waals surface area contributed by atoms with Gasteiger partial charge in [-0.3, -0.25) is 14.4 Å². The molecule has 0 bridgehead atoms. The maximum absolute atomic E-state index is 12.1. The molecule has 2 aromatic rings. The Morgan fingerprint density at radius 1 is 1.00 bits per heavy atom. The van der Waals surface area contributed by atoms with Crippen LogP contribution < -0.4 is 22.1 Å². The highest BCUT2D eigenvalue weighted by molar-refractivity contribution is 6.05. The van der Waals surface area contributed by atoms with Crippen molar-refractivity contribution in [2.45, 2.75) is 6.92 Å². The van der Waals surface area contributed by atoms with E-state index in [2.05, 4.69) is 10.6 Å². The van der Waals surface area contributed by atoms with E-state index in [1.807, 2.05) is 6.92 Å². The van der Waals surface area contributed by atoms with Gasteiger partial charge in [0.1, 0.15) is 0 Å². The molecule has 2 aromatic carbocycles. The van der Waals surface area contributed by atoms with Crippen molar-refractivity contribution in [3.05, 3.63) is 53.6 Å². The van der Waals surface area contributed by atoms with Gasteiger partial charge in [-0.25, -0.2) is 0 Å². The number of amides is 2. The third-order valence-corrected chi connectivity index (χ3v) is 3.09. The van der Waals surface area contributed by atoms with Crippen LogP contribution in [0.3, 0.4) is 0 Å². The van der Waals surface area contributed by atoms with E-state index >= 15 is 0 Å². The van der Waals surface area contributed by atoms with Crippen LogP contribution in [0.4, 0.5) is 17.1 Å². The highest BCUT2D eigenvalue weighted by atomic mass is 16.3. The van der Waals surface area contributed by atoms with Gasteiger partial charge < -0.3 is 27.2 Å². The topological polar surface area (TPSA) is 148 Å². The first kappa shape index (κ1) is 19.5. The second kappa shape index (κ2) is 9.56. The van der Waals surface area contributed by atoms with Crippen LogP contribution in [0.25, 0.3) is 0 Å². The smallest absolute Gasteiger partial charge is 0.290 e. The molecule has 0 aliphatic carbocycles. The Kier molecular flexibility index (Phi) is 7.45. The SMILES string of the molecule is CCNC(=O)c1ccc(NC(=O)c2ccc(N)c(N)c2)cc1.O=CO. The van der Waals surface area contributed by atoms with Gasteiger partial charge in [0.05, 0.1) is 11.4 Å². The van der Waals surface area contributed by atoms with Crippen LogP contribution in [0.15, 0.2) is 42.5 Å². The van der Waals surface area contributed by atoms with Crippen molar-refractivity contribution >= 4 is 35.3 Å². The van der Waals surface area contributed by atoms with Crippen LogP contribution >= 0.6 is 0 Å². The summed E-state index contributed by atoms with van der Waals surface area (Å²) < 4.78 is 0.